The summed E-state index contributed by atoms with van der Waals surface area (Å²) in [6, 6.07) is 0. The average molecular weight is 172 g/mol. The van der Waals surface area contributed by atoms with Gasteiger partial charge in [-0.1, -0.05) is 6.58 Å². The third-order valence-corrected chi connectivity index (χ3v) is 1.00. The van der Waals surface area contributed by atoms with E-state index < -0.39 is 5.97 Å². The van der Waals surface area contributed by atoms with Gasteiger partial charge in [-0.15, -0.1) is 0 Å². The molecule has 0 saturated heterocycles. The fourth-order valence-corrected chi connectivity index (χ4v) is 0.507. The largest absolute Gasteiger partial charge is 0.466 e. The van der Waals surface area contributed by atoms with Crippen molar-refractivity contribution in [1.82, 2.24) is 0 Å². The van der Waals surface area contributed by atoms with Gasteiger partial charge in [0.2, 0.25) is 0 Å². The number of rotatable bonds is 5. The van der Waals surface area contributed by atoms with E-state index in [1.54, 1.807) is 0 Å². The van der Waals surface area contributed by atoms with Crippen LogP contribution in [0, 0.1) is 0 Å². The summed E-state index contributed by atoms with van der Waals surface area (Å²) in [6.07, 6.45) is 1.60. The number of ether oxygens (including phenoxy) is 2. The first-order valence-corrected chi connectivity index (χ1v) is 3.59. The van der Waals surface area contributed by atoms with E-state index in [9.17, 15) is 9.59 Å². The zero-order valence-corrected chi connectivity index (χ0v) is 7.04. The zero-order chi connectivity index (χ0) is 9.40. The van der Waals surface area contributed by atoms with Gasteiger partial charge in [-0.2, -0.15) is 0 Å². The molecule has 0 fully saturated rings. The van der Waals surface area contributed by atoms with E-state index in [4.69, 9.17) is 0 Å². The van der Waals surface area contributed by atoms with Crippen LogP contribution in [0.15, 0.2) is 12.7 Å². The van der Waals surface area contributed by atoms with Gasteiger partial charge in [-0.25, -0.2) is 4.79 Å². The van der Waals surface area contributed by atoms with Crippen molar-refractivity contribution in [2.45, 2.75) is 13.3 Å². The van der Waals surface area contributed by atoms with Gasteiger partial charge in [-0.3, -0.25) is 4.79 Å². The molecule has 0 aromatic heterocycles. The van der Waals surface area contributed by atoms with Crippen molar-refractivity contribution in [3.63, 3.8) is 0 Å². The molecule has 0 amide bonds. The molecular weight excluding hydrogens is 160 g/mol. The van der Waals surface area contributed by atoms with Crippen LogP contribution in [0.5, 0.6) is 0 Å². The van der Waals surface area contributed by atoms with Gasteiger partial charge in [0.05, 0.1) is 13.2 Å². The minimum atomic E-state index is -0.460. The fraction of sp³-hybridized carbons (Fsp3) is 0.500. The first kappa shape index (κ1) is 10.7. The first-order chi connectivity index (χ1) is 5.66. The Kier molecular flexibility index (Phi) is 5.69. The molecule has 0 aliphatic heterocycles. The summed E-state index contributed by atoms with van der Waals surface area (Å²) < 4.78 is 9.23. The summed E-state index contributed by atoms with van der Waals surface area (Å²) in [7, 11) is 0. The molecule has 0 heterocycles. The molecule has 0 bridgehead atoms. The van der Waals surface area contributed by atoms with E-state index in [0.29, 0.717) is 6.42 Å². The van der Waals surface area contributed by atoms with Gasteiger partial charge in [-0.05, 0) is 0 Å². The number of hydrogen-bond acceptors (Lipinski definition) is 4. The summed E-state index contributed by atoms with van der Waals surface area (Å²) in [5.41, 5.74) is 0. The fourth-order valence-electron chi connectivity index (χ4n) is 0.507. The molecule has 0 N–H and O–H groups in total. The second kappa shape index (κ2) is 6.39. The predicted molar refractivity (Wildman–Crippen MR) is 42.4 cm³/mol. The van der Waals surface area contributed by atoms with E-state index in [2.05, 4.69) is 16.1 Å². The summed E-state index contributed by atoms with van der Waals surface area (Å²) >= 11 is 0. The minimum absolute atomic E-state index is 0.248. The monoisotopic (exact) mass is 172 g/mol. The summed E-state index contributed by atoms with van der Waals surface area (Å²) in [4.78, 5) is 20.7. The van der Waals surface area contributed by atoms with E-state index in [1.165, 1.54) is 6.92 Å². The number of esters is 2. The smallest absolute Gasteiger partial charge is 0.330 e. The molecule has 0 atom stereocenters. The molecule has 0 aromatic carbocycles. The number of carbonyl (C=O) groups is 2. The maximum Gasteiger partial charge on any atom is 0.330 e. The topological polar surface area (TPSA) is 52.6 Å². The van der Waals surface area contributed by atoms with Crippen LogP contribution < -0.4 is 0 Å². The lowest BCUT2D eigenvalue weighted by Crippen LogP contribution is -2.07. The second-order valence-corrected chi connectivity index (χ2v) is 2.07. The van der Waals surface area contributed by atoms with E-state index in [-0.39, 0.29) is 19.2 Å². The lowest BCUT2D eigenvalue weighted by Gasteiger charge is -2.01. The van der Waals surface area contributed by atoms with Gasteiger partial charge in [0.1, 0.15) is 0 Å². The first-order valence-electron chi connectivity index (χ1n) is 3.59. The predicted octanol–water partition coefficient (Wildman–Crippen LogP) is 0.669. The lowest BCUT2D eigenvalue weighted by atomic mass is 10.5. The van der Waals surface area contributed by atoms with Crippen molar-refractivity contribution in [2.24, 2.45) is 0 Å². The molecule has 0 aromatic rings. The van der Waals surface area contributed by atoms with E-state index in [0.717, 1.165) is 6.08 Å². The van der Waals surface area contributed by atoms with Crippen molar-refractivity contribution >= 4 is 11.9 Å². The molecule has 0 aliphatic rings. The van der Waals surface area contributed by atoms with Crippen LogP contribution in [0.2, 0.25) is 0 Å². The Balaban J connectivity index is 3.16. The van der Waals surface area contributed by atoms with Gasteiger partial charge < -0.3 is 9.47 Å². The van der Waals surface area contributed by atoms with Crippen LogP contribution in [0.25, 0.3) is 0 Å². The van der Waals surface area contributed by atoms with E-state index >= 15 is 0 Å². The van der Waals surface area contributed by atoms with Crippen molar-refractivity contribution in [3.05, 3.63) is 12.7 Å². The maximum absolute atomic E-state index is 10.5. The Bertz CT molecular complexity index is 174. The molecule has 0 unspecified atom stereocenters. The summed E-state index contributed by atoms with van der Waals surface area (Å²) in [6.45, 7) is 5.08. The molecule has 0 rings (SSSR count). The summed E-state index contributed by atoms with van der Waals surface area (Å²) in [5.74, 6) is -0.789. The quantitative estimate of drug-likeness (QED) is 0.347. The Labute approximate surface area is 71.2 Å². The highest BCUT2D eigenvalue weighted by molar-refractivity contribution is 5.81. The molecule has 12 heavy (non-hydrogen) atoms. The molecule has 4 heteroatoms. The van der Waals surface area contributed by atoms with Crippen LogP contribution >= 0.6 is 0 Å². The molecule has 0 radical (unpaired) electrons. The van der Waals surface area contributed by atoms with Crippen molar-refractivity contribution in [3.8, 4) is 0 Å². The second-order valence-electron chi connectivity index (χ2n) is 2.07. The Morgan fingerprint density at radius 3 is 2.42 bits per heavy atom. The minimum Gasteiger partial charge on any atom is -0.466 e. The Hall–Kier alpha value is -1.32. The van der Waals surface area contributed by atoms with E-state index in [1.807, 2.05) is 0 Å². The molecule has 0 saturated carbocycles. The van der Waals surface area contributed by atoms with Gasteiger partial charge >= 0.3 is 11.9 Å². The normalized spacial score (nSPS) is 8.75. The molecule has 68 valence electrons. The molecule has 4 nitrogen and oxygen atoms in total. The molecule has 0 spiro atoms. The van der Waals surface area contributed by atoms with Gasteiger partial charge in [0.15, 0.2) is 0 Å². The maximum atomic E-state index is 10.5. The van der Waals surface area contributed by atoms with Crippen molar-refractivity contribution in [1.29, 1.82) is 0 Å². The number of carbonyl (C=O) groups excluding carboxylic acids is 2. The summed E-state index contributed by atoms with van der Waals surface area (Å²) in [5, 5.41) is 0. The molecule has 0 aliphatic carbocycles. The Morgan fingerprint density at radius 2 is 1.92 bits per heavy atom. The third kappa shape index (κ3) is 6.80. The van der Waals surface area contributed by atoms with Gasteiger partial charge in [0, 0.05) is 19.4 Å². The Morgan fingerprint density at radius 1 is 1.33 bits per heavy atom. The van der Waals surface area contributed by atoms with Gasteiger partial charge in [0.25, 0.3) is 0 Å². The van der Waals surface area contributed by atoms with Crippen LogP contribution in [-0.4, -0.2) is 25.2 Å². The molecular formula is C8H12O4. The highest BCUT2D eigenvalue weighted by Crippen LogP contribution is 1.87. The third-order valence-electron chi connectivity index (χ3n) is 1.00. The average Bonchev–Trinajstić information content (AvgIpc) is 2.03. The lowest BCUT2D eigenvalue weighted by molar-refractivity contribution is -0.142. The van der Waals surface area contributed by atoms with Crippen LogP contribution in [0.3, 0.4) is 0 Å². The highest BCUT2D eigenvalue weighted by Gasteiger charge is 1.96. The van der Waals surface area contributed by atoms with Crippen molar-refractivity contribution in [2.75, 3.05) is 13.2 Å². The van der Waals surface area contributed by atoms with Crippen LogP contribution in [-0.2, 0) is 19.1 Å². The number of hydrogen-bond donors (Lipinski definition) is 0. The van der Waals surface area contributed by atoms with Crippen LogP contribution in [0.1, 0.15) is 13.3 Å². The van der Waals surface area contributed by atoms with Crippen molar-refractivity contribution < 1.29 is 19.1 Å². The highest BCUT2D eigenvalue weighted by atomic mass is 16.5. The van der Waals surface area contributed by atoms with Crippen LogP contribution in [0.4, 0.5) is 0 Å². The SMILES string of the molecule is C=CC(=O)OCCCOC(C)=O. The standard InChI is InChI=1S/C8H12O4/c1-3-8(10)12-6-4-5-11-7(2)9/h3H,1,4-6H2,2H3. The zero-order valence-electron chi connectivity index (χ0n) is 7.04.